The zero-order valence-corrected chi connectivity index (χ0v) is 15.2. The molecule has 9 heteroatoms. The van der Waals surface area contributed by atoms with Gasteiger partial charge in [0.1, 0.15) is 17.8 Å². The number of urea groups is 2. The second-order valence-corrected chi connectivity index (χ2v) is 5.86. The normalized spacial score (nSPS) is 18.7. The van der Waals surface area contributed by atoms with Crippen LogP contribution in [0, 0.1) is 0 Å². The van der Waals surface area contributed by atoms with Crippen LogP contribution in [0.5, 0.6) is 5.75 Å². The van der Waals surface area contributed by atoms with Crippen LogP contribution in [0.1, 0.15) is 18.9 Å². The maximum Gasteiger partial charge on any atom is 0.325 e. The molecule has 0 spiro atoms. The minimum absolute atomic E-state index is 0.179. The predicted molar refractivity (Wildman–Crippen MR) is 96.9 cm³/mol. The number of benzene rings is 1. The molecule has 0 bridgehead atoms. The van der Waals surface area contributed by atoms with Crippen molar-refractivity contribution in [2.45, 2.75) is 18.9 Å². The van der Waals surface area contributed by atoms with Gasteiger partial charge in [0.2, 0.25) is 5.91 Å². The van der Waals surface area contributed by atoms with Gasteiger partial charge in [-0.05, 0) is 24.1 Å². The summed E-state index contributed by atoms with van der Waals surface area (Å²) in [4.78, 5) is 49.6. The monoisotopic (exact) mass is 374 g/mol. The first-order valence-electron chi connectivity index (χ1n) is 8.35. The number of nitrogens with one attached hydrogen (secondary N) is 3. The summed E-state index contributed by atoms with van der Waals surface area (Å²) in [7, 11) is 1.53. The number of rotatable bonds is 7. The number of methoxy groups -OCH3 is 1. The maximum absolute atomic E-state index is 12.9. The summed E-state index contributed by atoms with van der Waals surface area (Å²) in [5.41, 5.74) is -0.690. The van der Waals surface area contributed by atoms with Gasteiger partial charge in [-0.15, -0.1) is 6.58 Å². The summed E-state index contributed by atoms with van der Waals surface area (Å²) >= 11 is 0. The summed E-state index contributed by atoms with van der Waals surface area (Å²) in [6, 6.07) is 5.32. The number of imide groups is 2. The second kappa shape index (κ2) is 8.35. The summed E-state index contributed by atoms with van der Waals surface area (Å²) in [5, 5.41) is 7.09. The number of nitrogens with zero attached hydrogens (tertiary/aromatic N) is 1. The van der Waals surface area contributed by atoms with Gasteiger partial charge in [0.15, 0.2) is 0 Å². The van der Waals surface area contributed by atoms with Gasteiger partial charge in [0.25, 0.3) is 5.91 Å². The molecule has 1 atom stereocenters. The van der Waals surface area contributed by atoms with E-state index in [0.717, 1.165) is 4.90 Å². The highest BCUT2D eigenvalue weighted by Gasteiger charge is 2.51. The standard InChI is InChI=1S/C18H22N4O5/c1-4-10-19-16(25)20-14(23)11-22-15(24)18(5-2,21-17(22)26)12-6-8-13(27-3)9-7-12/h4,6-9H,1,5,10-11H2,2-3H3,(H,21,26)(H2,19,20,23,25)/t18-/m1/s1. The molecule has 144 valence electrons. The Morgan fingerprint density at radius 1 is 1.30 bits per heavy atom. The maximum atomic E-state index is 12.9. The molecule has 1 aliphatic rings. The van der Waals surface area contributed by atoms with Crippen LogP contribution in [0.3, 0.4) is 0 Å². The summed E-state index contributed by atoms with van der Waals surface area (Å²) in [6.07, 6.45) is 1.74. The molecule has 0 aliphatic carbocycles. The smallest absolute Gasteiger partial charge is 0.325 e. The Bertz CT molecular complexity index is 762. The Hall–Kier alpha value is -3.36. The molecule has 2 rings (SSSR count). The molecule has 0 unspecified atom stereocenters. The molecule has 0 aromatic heterocycles. The van der Waals surface area contributed by atoms with E-state index in [2.05, 4.69) is 22.5 Å². The van der Waals surface area contributed by atoms with Gasteiger partial charge in [0, 0.05) is 6.54 Å². The van der Waals surface area contributed by atoms with Crippen LogP contribution in [0.15, 0.2) is 36.9 Å². The minimum Gasteiger partial charge on any atom is -0.497 e. The molecule has 3 N–H and O–H groups in total. The highest BCUT2D eigenvalue weighted by Crippen LogP contribution is 2.33. The SMILES string of the molecule is C=CCNC(=O)NC(=O)CN1C(=O)N[C@](CC)(c2ccc(OC)cc2)C1=O. The Morgan fingerprint density at radius 3 is 2.52 bits per heavy atom. The minimum atomic E-state index is -1.27. The zero-order chi connectivity index (χ0) is 20.0. The van der Waals surface area contributed by atoms with E-state index in [9.17, 15) is 19.2 Å². The quantitative estimate of drug-likeness (QED) is 0.483. The molecule has 9 nitrogen and oxygen atoms in total. The Kier molecular flexibility index (Phi) is 6.17. The van der Waals surface area contributed by atoms with Crippen LogP contribution in [-0.4, -0.2) is 49.0 Å². The van der Waals surface area contributed by atoms with Crippen molar-refractivity contribution in [3.63, 3.8) is 0 Å². The lowest BCUT2D eigenvalue weighted by Gasteiger charge is -2.25. The van der Waals surface area contributed by atoms with E-state index in [1.54, 1.807) is 31.2 Å². The predicted octanol–water partition coefficient (Wildman–Crippen LogP) is 0.864. The number of carbonyl (C=O) groups excluding carboxylic acids is 4. The lowest BCUT2D eigenvalue weighted by molar-refractivity contribution is -0.135. The first kappa shape index (κ1) is 20.0. The van der Waals surface area contributed by atoms with E-state index in [1.807, 2.05) is 0 Å². The van der Waals surface area contributed by atoms with Crippen LogP contribution < -0.4 is 20.7 Å². The van der Waals surface area contributed by atoms with E-state index >= 15 is 0 Å². The van der Waals surface area contributed by atoms with Crippen molar-refractivity contribution in [1.82, 2.24) is 20.9 Å². The molecule has 1 heterocycles. The lowest BCUT2D eigenvalue weighted by atomic mass is 9.87. The van der Waals surface area contributed by atoms with Crippen LogP contribution >= 0.6 is 0 Å². The van der Waals surface area contributed by atoms with E-state index in [-0.39, 0.29) is 6.54 Å². The average Bonchev–Trinajstić information content (AvgIpc) is 2.91. The van der Waals surface area contributed by atoms with Crippen molar-refractivity contribution in [2.24, 2.45) is 0 Å². The summed E-state index contributed by atoms with van der Waals surface area (Å²) < 4.78 is 5.11. The van der Waals surface area contributed by atoms with Crippen molar-refractivity contribution in [1.29, 1.82) is 0 Å². The first-order chi connectivity index (χ1) is 12.9. The number of hydrogen-bond acceptors (Lipinski definition) is 5. The first-order valence-corrected chi connectivity index (χ1v) is 8.35. The molecule has 1 aromatic carbocycles. The fourth-order valence-electron chi connectivity index (χ4n) is 2.80. The molecule has 27 heavy (non-hydrogen) atoms. The Morgan fingerprint density at radius 2 is 1.96 bits per heavy atom. The third-order valence-corrected chi connectivity index (χ3v) is 4.25. The highest BCUT2D eigenvalue weighted by atomic mass is 16.5. The fourth-order valence-corrected chi connectivity index (χ4v) is 2.80. The average molecular weight is 374 g/mol. The topological polar surface area (TPSA) is 117 Å². The highest BCUT2D eigenvalue weighted by molar-refractivity contribution is 6.10. The molecule has 6 amide bonds. The molecule has 1 aromatic rings. The van der Waals surface area contributed by atoms with Crippen LogP contribution in [0.2, 0.25) is 0 Å². The fraction of sp³-hybridized carbons (Fsp3) is 0.333. The zero-order valence-electron chi connectivity index (χ0n) is 15.2. The van der Waals surface area contributed by atoms with Crippen molar-refractivity contribution in [2.75, 3.05) is 20.2 Å². The van der Waals surface area contributed by atoms with Gasteiger partial charge in [-0.2, -0.15) is 0 Å². The number of ether oxygens (including phenoxy) is 1. The second-order valence-electron chi connectivity index (χ2n) is 5.86. The van der Waals surface area contributed by atoms with Crippen molar-refractivity contribution >= 4 is 23.9 Å². The van der Waals surface area contributed by atoms with E-state index < -0.39 is 36.0 Å². The van der Waals surface area contributed by atoms with E-state index in [4.69, 9.17) is 4.74 Å². The number of carbonyl (C=O) groups is 4. The van der Waals surface area contributed by atoms with E-state index in [0.29, 0.717) is 17.7 Å². The summed E-state index contributed by atoms with van der Waals surface area (Å²) in [5.74, 6) is -0.716. The molecule has 1 aliphatic heterocycles. The molecule has 0 radical (unpaired) electrons. The largest absolute Gasteiger partial charge is 0.497 e. The van der Waals surface area contributed by atoms with Gasteiger partial charge < -0.3 is 15.4 Å². The van der Waals surface area contributed by atoms with Gasteiger partial charge in [-0.3, -0.25) is 19.8 Å². The van der Waals surface area contributed by atoms with Gasteiger partial charge in [-0.25, -0.2) is 9.59 Å². The third kappa shape index (κ3) is 4.08. The van der Waals surface area contributed by atoms with Crippen molar-refractivity contribution < 1.29 is 23.9 Å². The molecule has 1 saturated heterocycles. The molecule has 1 fully saturated rings. The van der Waals surface area contributed by atoms with Crippen molar-refractivity contribution in [3.8, 4) is 5.75 Å². The molecular weight excluding hydrogens is 352 g/mol. The Labute approximate surface area is 156 Å². The molecular formula is C18H22N4O5. The van der Waals surface area contributed by atoms with Crippen LogP contribution in [-0.2, 0) is 15.1 Å². The van der Waals surface area contributed by atoms with Gasteiger partial charge in [-0.1, -0.05) is 25.1 Å². The van der Waals surface area contributed by atoms with Crippen LogP contribution in [0.25, 0.3) is 0 Å². The lowest BCUT2D eigenvalue weighted by Crippen LogP contribution is -2.47. The number of amides is 6. The molecule has 0 saturated carbocycles. The van der Waals surface area contributed by atoms with Gasteiger partial charge in [0.05, 0.1) is 7.11 Å². The Balaban J connectivity index is 2.15. The number of hydrogen-bond donors (Lipinski definition) is 3. The third-order valence-electron chi connectivity index (χ3n) is 4.25. The van der Waals surface area contributed by atoms with Crippen LogP contribution in [0.4, 0.5) is 9.59 Å². The van der Waals surface area contributed by atoms with Crippen molar-refractivity contribution in [3.05, 3.63) is 42.5 Å². The van der Waals surface area contributed by atoms with E-state index in [1.165, 1.54) is 13.2 Å². The van der Waals surface area contributed by atoms with Gasteiger partial charge >= 0.3 is 12.1 Å². The summed E-state index contributed by atoms with van der Waals surface area (Å²) in [6.45, 7) is 4.81.